The molecule has 0 heterocycles. The van der Waals surface area contributed by atoms with Gasteiger partial charge in [0, 0.05) is 10.5 Å². The standard InChI is InChI=1S/C13H10BrClFNO/c1-7-4-11(17)9(15)6-13(7)18-12-3-2-8(14)5-10(12)16/h2-6H,17H2,1H3. The number of nitrogens with two attached hydrogens (primary N) is 1. The van der Waals surface area contributed by atoms with Crippen LogP contribution in [0.3, 0.4) is 0 Å². The maximum atomic E-state index is 13.6. The fraction of sp³-hybridized carbons (Fsp3) is 0.0769. The Morgan fingerprint density at radius 2 is 1.94 bits per heavy atom. The minimum atomic E-state index is -0.447. The molecule has 2 nitrogen and oxygen atoms in total. The fourth-order valence-corrected chi connectivity index (χ4v) is 1.96. The zero-order chi connectivity index (χ0) is 13.3. The van der Waals surface area contributed by atoms with Crippen LogP contribution in [0.25, 0.3) is 0 Å². The maximum Gasteiger partial charge on any atom is 0.166 e. The first kappa shape index (κ1) is 13.2. The molecule has 0 aromatic heterocycles. The van der Waals surface area contributed by atoms with Crippen LogP contribution in [0.5, 0.6) is 11.5 Å². The molecule has 0 spiro atoms. The van der Waals surface area contributed by atoms with Crippen molar-refractivity contribution in [2.45, 2.75) is 6.92 Å². The number of hydrogen-bond acceptors (Lipinski definition) is 2. The van der Waals surface area contributed by atoms with Gasteiger partial charge in [-0.3, -0.25) is 0 Å². The third-order valence-corrected chi connectivity index (χ3v) is 3.23. The van der Waals surface area contributed by atoms with E-state index in [0.29, 0.717) is 20.9 Å². The topological polar surface area (TPSA) is 35.2 Å². The molecule has 0 atom stereocenters. The van der Waals surface area contributed by atoms with E-state index in [1.54, 1.807) is 24.3 Å². The van der Waals surface area contributed by atoms with E-state index >= 15 is 0 Å². The fourth-order valence-electron chi connectivity index (χ4n) is 1.47. The average Bonchev–Trinajstić information content (AvgIpc) is 2.29. The summed E-state index contributed by atoms with van der Waals surface area (Å²) in [6.45, 7) is 1.82. The highest BCUT2D eigenvalue weighted by Gasteiger charge is 2.09. The SMILES string of the molecule is Cc1cc(N)c(Cl)cc1Oc1ccc(Br)cc1F. The summed E-state index contributed by atoms with van der Waals surface area (Å²) < 4.78 is 19.8. The molecule has 0 aliphatic rings. The molecule has 94 valence electrons. The van der Waals surface area contributed by atoms with Crippen LogP contribution in [0.15, 0.2) is 34.8 Å². The molecule has 2 aromatic rings. The van der Waals surface area contributed by atoms with Gasteiger partial charge in [-0.2, -0.15) is 0 Å². The lowest BCUT2D eigenvalue weighted by atomic mass is 10.2. The average molecular weight is 331 g/mol. The molecule has 2 N–H and O–H groups in total. The van der Waals surface area contributed by atoms with Gasteiger partial charge >= 0.3 is 0 Å². The van der Waals surface area contributed by atoms with Crippen molar-refractivity contribution in [1.29, 1.82) is 0 Å². The van der Waals surface area contributed by atoms with Gasteiger partial charge in [0.2, 0.25) is 0 Å². The number of aryl methyl sites for hydroxylation is 1. The Morgan fingerprint density at radius 3 is 2.61 bits per heavy atom. The van der Waals surface area contributed by atoms with Gasteiger partial charge in [0.25, 0.3) is 0 Å². The van der Waals surface area contributed by atoms with Crippen molar-refractivity contribution in [2.75, 3.05) is 5.73 Å². The van der Waals surface area contributed by atoms with Gasteiger partial charge in [-0.15, -0.1) is 0 Å². The molecule has 0 aliphatic heterocycles. The van der Waals surface area contributed by atoms with Gasteiger partial charge in [-0.1, -0.05) is 27.5 Å². The van der Waals surface area contributed by atoms with Crippen molar-refractivity contribution in [3.05, 3.63) is 51.2 Å². The highest BCUT2D eigenvalue weighted by molar-refractivity contribution is 9.10. The molecule has 0 aliphatic carbocycles. The third kappa shape index (κ3) is 2.76. The minimum absolute atomic E-state index is 0.141. The van der Waals surface area contributed by atoms with Crippen molar-refractivity contribution in [3.8, 4) is 11.5 Å². The molecule has 0 radical (unpaired) electrons. The van der Waals surface area contributed by atoms with Crippen LogP contribution in [-0.4, -0.2) is 0 Å². The normalized spacial score (nSPS) is 10.4. The van der Waals surface area contributed by atoms with E-state index in [4.69, 9.17) is 22.1 Å². The van der Waals surface area contributed by atoms with Gasteiger partial charge < -0.3 is 10.5 Å². The summed E-state index contributed by atoms with van der Waals surface area (Å²) in [4.78, 5) is 0. The predicted octanol–water partition coefficient (Wildman–Crippen LogP) is 4.92. The molecule has 0 saturated carbocycles. The van der Waals surface area contributed by atoms with Gasteiger partial charge in [-0.25, -0.2) is 4.39 Å². The zero-order valence-corrected chi connectivity index (χ0v) is 11.8. The second-order valence-corrected chi connectivity index (χ2v) is 5.14. The van der Waals surface area contributed by atoms with Crippen molar-refractivity contribution in [1.82, 2.24) is 0 Å². The first-order valence-electron chi connectivity index (χ1n) is 5.16. The van der Waals surface area contributed by atoms with Crippen LogP contribution in [0, 0.1) is 12.7 Å². The van der Waals surface area contributed by atoms with Crippen LogP contribution in [0.2, 0.25) is 5.02 Å². The predicted molar refractivity (Wildman–Crippen MR) is 74.8 cm³/mol. The summed E-state index contributed by atoms with van der Waals surface area (Å²) in [6.07, 6.45) is 0. The summed E-state index contributed by atoms with van der Waals surface area (Å²) in [5.41, 5.74) is 6.93. The Bertz CT molecular complexity index is 604. The van der Waals surface area contributed by atoms with E-state index in [1.807, 2.05) is 6.92 Å². The van der Waals surface area contributed by atoms with Crippen molar-refractivity contribution in [3.63, 3.8) is 0 Å². The molecule has 2 aromatic carbocycles. The van der Waals surface area contributed by atoms with Crippen LogP contribution in [-0.2, 0) is 0 Å². The Labute approximate surface area is 118 Å². The molecule has 18 heavy (non-hydrogen) atoms. The number of benzene rings is 2. The van der Waals surface area contributed by atoms with E-state index in [0.717, 1.165) is 5.56 Å². The van der Waals surface area contributed by atoms with Crippen LogP contribution < -0.4 is 10.5 Å². The number of rotatable bonds is 2. The Kier molecular flexibility index (Phi) is 3.78. The summed E-state index contributed by atoms with van der Waals surface area (Å²) in [5.74, 6) is 0.175. The number of anilines is 1. The Balaban J connectivity index is 2.37. The van der Waals surface area contributed by atoms with E-state index in [1.165, 1.54) is 6.07 Å². The zero-order valence-electron chi connectivity index (χ0n) is 9.51. The van der Waals surface area contributed by atoms with E-state index in [-0.39, 0.29) is 5.75 Å². The number of halogens is 3. The molecular weight excluding hydrogens is 321 g/mol. The molecule has 0 fully saturated rings. The lowest BCUT2D eigenvalue weighted by molar-refractivity contribution is 0.439. The van der Waals surface area contributed by atoms with Gasteiger partial charge in [0.1, 0.15) is 5.75 Å². The molecule has 2 rings (SSSR count). The summed E-state index contributed by atoms with van der Waals surface area (Å²) >= 11 is 9.09. The van der Waals surface area contributed by atoms with Gasteiger partial charge in [-0.05, 0) is 36.8 Å². The van der Waals surface area contributed by atoms with E-state index < -0.39 is 5.82 Å². The second kappa shape index (κ2) is 5.16. The molecule has 0 amide bonds. The number of hydrogen-bond donors (Lipinski definition) is 1. The summed E-state index contributed by atoms with van der Waals surface area (Å²) in [6, 6.07) is 7.85. The largest absolute Gasteiger partial charge is 0.454 e. The van der Waals surface area contributed by atoms with Crippen LogP contribution in [0.4, 0.5) is 10.1 Å². The molecule has 0 bridgehead atoms. The smallest absolute Gasteiger partial charge is 0.166 e. The monoisotopic (exact) mass is 329 g/mol. The number of ether oxygens (including phenoxy) is 1. The molecule has 0 saturated heterocycles. The van der Waals surface area contributed by atoms with Crippen molar-refractivity contribution < 1.29 is 9.13 Å². The maximum absolute atomic E-state index is 13.6. The lowest BCUT2D eigenvalue weighted by Gasteiger charge is -2.11. The van der Waals surface area contributed by atoms with Crippen molar-refractivity contribution >= 4 is 33.2 Å². The number of nitrogen functional groups attached to an aromatic ring is 1. The van der Waals surface area contributed by atoms with Gasteiger partial charge in [0.05, 0.1) is 10.7 Å². The molecular formula is C13H10BrClFNO. The molecule has 0 unspecified atom stereocenters. The third-order valence-electron chi connectivity index (χ3n) is 2.41. The van der Waals surface area contributed by atoms with E-state index in [9.17, 15) is 4.39 Å². The highest BCUT2D eigenvalue weighted by Crippen LogP contribution is 2.33. The highest BCUT2D eigenvalue weighted by atomic mass is 79.9. The Morgan fingerprint density at radius 1 is 1.22 bits per heavy atom. The van der Waals surface area contributed by atoms with E-state index in [2.05, 4.69) is 15.9 Å². The first-order chi connectivity index (χ1) is 8.47. The van der Waals surface area contributed by atoms with Crippen molar-refractivity contribution in [2.24, 2.45) is 0 Å². The van der Waals surface area contributed by atoms with Crippen LogP contribution in [0.1, 0.15) is 5.56 Å². The second-order valence-electron chi connectivity index (χ2n) is 3.82. The van der Waals surface area contributed by atoms with Crippen LogP contribution >= 0.6 is 27.5 Å². The Hall–Kier alpha value is -1.26. The minimum Gasteiger partial charge on any atom is -0.454 e. The lowest BCUT2D eigenvalue weighted by Crippen LogP contribution is -1.93. The van der Waals surface area contributed by atoms with Gasteiger partial charge in [0.15, 0.2) is 11.6 Å². The summed E-state index contributed by atoms with van der Waals surface area (Å²) in [5, 5.41) is 0.383. The summed E-state index contributed by atoms with van der Waals surface area (Å²) in [7, 11) is 0. The first-order valence-corrected chi connectivity index (χ1v) is 6.33. The molecule has 5 heteroatoms. The quantitative estimate of drug-likeness (QED) is 0.793.